The van der Waals surface area contributed by atoms with Crippen LogP contribution in [0.25, 0.3) is 11.0 Å². The zero-order valence-electron chi connectivity index (χ0n) is 16.3. The van der Waals surface area contributed by atoms with Crippen LogP contribution in [0, 0.1) is 0 Å². The van der Waals surface area contributed by atoms with Crippen molar-refractivity contribution >= 4 is 51.7 Å². The number of imidazole rings is 1. The molecule has 1 aromatic heterocycles. The Morgan fingerprint density at radius 3 is 2.66 bits per heavy atom. The van der Waals surface area contributed by atoms with E-state index in [2.05, 4.69) is 44.1 Å². The third kappa shape index (κ3) is 5.04. The first-order chi connectivity index (χ1) is 14.1. The Balaban J connectivity index is 1.29. The zero-order chi connectivity index (χ0) is 20.2. The Morgan fingerprint density at radius 2 is 1.93 bits per heavy atom. The molecular weight excluding hydrogens is 406 g/mol. The number of aromatic nitrogens is 2. The molecule has 2 heterocycles. The molecule has 0 aliphatic carbocycles. The number of H-pyrrole nitrogens is 1. The van der Waals surface area contributed by atoms with E-state index in [1.165, 1.54) is 17.4 Å². The number of thioether (sulfide) groups is 1. The predicted octanol–water partition coefficient (Wildman–Crippen LogP) is 4.09. The van der Waals surface area contributed by atoms with Crippen LogP contribution < -0.4 is 10.2 Å². The molecule has 1 fully saturated rings. The molecule has 3 aromatic rings. The third-order valence-electron chi connectivity index (χ3n) is 5.10. The third-order valence-corrected chi connectivity index (χ3v) is 6.21. The predicted molar refractivity (Wildman–Crippen MR) is 121 cm³/mol. The van der Waals surface area contributed by atoms with Crippen LogP contribution in [-0.4, -0.2) is 59.3 Å². The first-order valence-corrected chi connectivity index (χ1v) is 11.1. The summed E-state index contributed by atoms with van der Waals surface area (Å²) in [6.45, 7) is 7.59. The minimum Gasteiger partial charge on any atom is -0.369 e. The molecule has 4 rings (SSSR count). The maximum absolute atomic E-state index is 12.3. The van der Waals surface area contributed by atoms with Crippen molar-refractivity contribution in [2.24, 2.45) is 0 Å². The van der Waals surface area contributed by atoms with Gasteiger partial charge in [0.25, 0.3) is 0 Å². The highest BCUT2D eigenvalue weighted by atomic mass is 35.5. The Labute approximate surface area is 179 Å². The topological polar surface area (TPSA) is 64.3 Å². The summed E-state index contributed by atoms with van der Waals surface area (Å²) in [5, 5.41) is 4.32. The van der Waals surface area contributed by atoms with Crippen LogP contribution in [0.15, 0.2) is 47.6 Å². The molecule has 1 saturated heterocycles. The first kappa shape index (κ1) is 20.1. The van der Waals surface area contributed by atoms with Gasteiger partial charge in [-0.15, -0.1) is 0 Å². The van der Waals surface area contributed by atoms with Gasteiger partial charge in [0, 0.05) is 42.6 Å². The number of nitrogens with one attached hydrogen (secondary N) is 2. The second kappa shape index (κ2) is 9.07. The van der Waals surface area contributed by atoms with Crippen molar-refractivity contribution in [2.75, 3.05) is 48.7 Å². The maximum atomic E-state index is 12.3. The molecular formula is C21H24ClN5OS. The summed E-state index contributed by atoms with van der Waals surface area (Å²) in [5.74, 6) is 0.228. The monoisotopic (exact) mass is 429 g/mol. The van der Waals surface area contributed by atoms with E-state index < -0.39 is 0 Å². The van der Waals surface area contributed by atoms with Crippen LogP contribution in [0.1, 0.15) is 6.92 Å². The number of anilines is 2. The molecule has 8 heteroatoms. The number of carbonyl (C=O) groups excluding carboxylic acids is 1. The van der Waals surface area contributed by atoms with E-state index in [0.29, 0.717) is 10.2 Å². The SMILES string of the molecule is CCN1CCN(c2ccc(NC(=O)CSc3nc4ccc(Cl)cc4[nH]3)cc2)CC1. The summed E-state index contributed by atoms with van der Waals surface area (Å²) in [4.78, 5) is 24.8. The molecule has 0 unspecified atom stereocenters. The van der Waals surface area contributed by atoms with E-state index in [0.717, 1.165) is 49.4 Å². The van der Waals surface area contributed by atoms with Crippen molar-refractivity contribution in [3.8, 4) is 0 Å². The van der Waals surface area contributed by atoms with E-state index >= 15 is 0 Å². The fraction of sp³-hybridized carbons (Fsp3) is 0.333. The number of carbonyl (C=O) groups is 1. The normalized spacial score (nSPS) is 15.0. The zero-order valence-corrected chi connectivity index (χ0v) is 17.9. The molecule has 6 nitrogen and oxygen atoms in total. The standard InChI is InChI=1S/C21H24ClN5OS/c1-2-26-9-11-27(12-10-26)17-6-4-16(5-7-17)23-20(28)14-29-21-24-18-8-3-15(22)13-19(18)25-21/h3-8,13H,2,9-12,14H2,1H3,(H,23,28)(H,24,25). The molecule has 0 saturated carbocycles. The summed E-state index contributed by atoms with van der Waals surface area (Å²) in [6, 6.07) is 13.6. The van der Waals surface area contributed by atoms with Gasteiger partial charge in [0.05, 0.1) is 16.8 Å². The molecule has 1 amide bonds. The molecule has 0 radical (unpaired) electrons. The number of aromatic amines is 1. The van der Waals surface area contributed by atoms with Gasteiger partial charge < -0.3 is 20.1 Å². The van der Waals surface area contributed by atoms with Crippen LogP contribution in [0.2, 0.25) is 5.02 Å². The van der Waals surface area contributed by atoms with Gasteiger partial charge in [-0.2, -0.15) is 0 Å². The Hall–Kier alpha value is -2.22. The number of rotatable bonds is 6. The van der Waals surface area contributed by atoms with Gasteiger partial charge in [0.15, 0.2) is 5.16 Å². The summed E-state index contributed by atoms with van der Waals surface area (Å²) in [7, 11) is 0. The quantitative estimate of drug-likeness (QED) is 0.578. The number of benzene rings is 2. The average molecular weight is 430 g/mol. The number of fused-ring (bicyclic) bond motifs is 1. The molecule has 2 N–H and O–H groups in total. The number of piperazine rings is 1. The minimum absolute atomic E-state index is 0.0576. The minimum atomic E-state index is -0.0576. The number of hydrogen-bond donors (Lipinski definition) is 2. The van der Waals surface area contributed by atoms with Crippen LogP contribution in [0.3, 0.4) is 0 Å². The number of hydrogen-bond acceptors (Lipinski definition) is 5. The number of nitrogens with zero attached hydrogens (tertiary/aromatic N) is 3. The maximum Gasteiger partial charge on any atom is 0.234 e. The summed E-state index contributed by atoms with van der Waals surface area (Å²) in [6.07, 6.45) is 0. The highest BCUT2D eigenvalue weighted by Gasteiger charge is 2.16. The average Bonchev–Trinajstić information content (AvgIpc) is 3.15. The summed E-state index contributed by atoms with van der Waals surface area (Å²) < 4.78 is 0. The molecule has 0 spiro atoms. The van der Waals surface area contributed by atoms with Crippen LogP contribution in [0.5, 0.6) is 0 Å². The lowest BCUT2D eigenvalue weighted by Crippen LogP contribution is -2.46. The van der Waals surface area contributed by atoms with Gasteiger partial charge in [-0.25, -0.2) is 4.98 Å². The van der Waals surface area contributed by atoms with E-state index in [1.54, 1.807) is 6.07 Å². The van der Waals surface area contributed by atoms with Gasteiger partial charge in [0.2, 0.25) is 5.91 Å². The Bertz CT molecular complexity index is 982. The smallest absolute Gasteiger partial charge is 0.234 e. The fourth-order valence-electron chi connectivity index (χ4n) is 3.44. The van der Waals surface area contributed by atoms with Gasteiger partial charge in [-0.1, -0.05) is 30.3 Å². The summed E-state index contributed by atoms with van der Waals surface area (Å²) >= 11 is 7.37. The molecule has 1 aliphatic rings. The molecule has 0 bridgehead atoms. The van der Waals surface area contributed by atoms with Crippen LogP contribution >= 0.6 is 23.4 Å². The highest BCUT2D eigenvalue weighted by Crippen LogP contribution is 2.23. The largest absolute Gasteiger partial charge is 0.369 e. The van der Waals surface area contributed by atoms with Gasteiger partial charge in [-0.05, 0) is 49.0 Å². The van der Waals surface area contributed by atoms with Gasteiger partial charge in [0.1, 0.15) is 0 Å². The van der Waals surface area contributed by atoms with E-state index in [-0.39, 0.29) is 11.7 Å². The Morgan fingerprint density at radius 1 is 1.17 bits per heavy atom. The van der Waals surface area contributed by atoms with Crippen molar-refractivity contribution in [3.63, 3.8) is 0 Å². The van der Waals surface area contributed by atoms with Crippen molar-refractivity contribution in [1.82, 2.24) is 14.9 Å². The van der Waals surface area contributed by atoms with Crippen LogP contribution in [-0.2, 0) is 4.79 Å². The fourth-order valence-corrected chi connectivity index (χ4v) is 4.29. The molecule has 0 atom stereocenters. The lowest BCUT2D eigenvalue weighted by Gasteiger charge is -2.35. The first-order valence-electron chi connectivity index (χ1n) is 9.76. The Kier molecular flexibility index (Phi) is 6.28. The van der Waals surface area contributed by atoms with Gasteiger partial charge in [-0.3, -0.25) is 4.79 Å². The lowest BCUT2D eigenvalue weighted by atomic mass is 10.2. The molecule has 152 valence electrons. The number of likely N-dealkylation sites (N-methyl/N-ethyl adjacent to an activating group) is 1. The molecule has 2 aromatic carbocycles. The van der Waals surface area contributed by atoms with Crippen LogP contribution in [0.4, 0.5) is 11.4 Å². The van der Waals surface area contributed by atoms with E-state index in [9.17, 15) is 4.79 Å². The second-order valence-corrected chi connectivity index (χ2v) is 8.41. The number of amides is 1. The number of halogens is 1. The van der Waals surface area contributed by atoms with Crippen molar-refractivity contribution < 1.29 is 4.79 Å². The highest BCUT2D eigenvalue weighted by molar-refractivity contribution is 7.99. The summed E-state index contributed by atoms with van der Waals surface area (Å²) in [5.41, 5.74) is 3.72. The van der Waals surface area contributed by atoms with Crippen molar-refractivity contribution in [3.05, 3.63) is 47.5 Å². The van der Waals surface area contributed by atoms with Crippen molar-refractivity contribution in [2.45, 2.75) is 12.1 Å². The van der Waals surface area contributed by atoms with Gasteiger partial charge >= 0.3 is 0 Å². The van der Waals surface area contributed by atoms with Crippen molar-refractivity contribution in [1.29, 1.82) is 0 Å². The van der Waals surface area contributed by atoms with E-state index in [4.69, 9.17) is 11.6 Å². The molecule has 1 aliphatic heterocycles. The molecule has 29 heavy (non-hydrogen) atoms. The lowest BCUT2D eigenvalue weighted by molar-refractivity contribution is -0.113. The van der Waals surface area contributed by atoms with E-state index in [1.807, 2.05) is 24.3 Å². The second-order valence-electron chi connectivity index (χ2n) is 7.01.